The van der Waals surface area contributed by atoms with Crippen LogP contribution >= 0.6 is 0 Å². The van der Waals surface area contributed by atoms with E-state index in [1.54, 1.807) is 0 Å². The zero-order valence-corrected chi connectivity index (χ0v) is 12.9. The predicted molar refractivity (Wildman–Crippen MR) is 78.2 cm³/mol. The molecule has 0 atom stereocenters. The normalized spacial score (nSPS) is 12.6. The number of nitrogens with one attached hydrogen (secondary N) is 1. The number of nitrogens with zero attached hydrogens (tertiary/aromatic N) is 3. The lowest BCUT2D eigenvalue weighted by Crippen LogP contribution is -2.45. The second-order valence-corrected chi connectivity index (χ2v) is 6.52. The van der Waals surface area contributed by atoms with Crippen LogP contribution in [0.1, 0.15) is 40.2 Å². The Hall–Kier alpha value is -1.20. The summed E-state index contributed by atoms with van der Waals surface area (Å²) in [5.41, 5.74) is 0.758. The van der Waals surface area contributed by atoms with Gasteiger partial charge in [0.15, 0.2) is 0 Å². The first kappa shape index (κ1) is 15.9. The highest BCUT2D eigenvalue weighted by molar-refractivity contribution is 5.32. The van der Waals surface area contributed by atoms with E-state index in [4.69, 9.17) is 0 Å². The lowest BCUT2D eigenvalue weighted by Gasteiger charge is -2.33. The smallest absolute Gasteiger partial charge is 0.225 e. The molecule has 0 fully saturated rings. The number of aliphatic hydroxyl groups is 1. The Morgan fingerprint density at radius 3 is 2.11 bits per heavy atom. The van der Waals surface area contributed by atoms with Crippen LogP contribution in [0.2, 0.25) is 0 Å². The third-order valence-electron chi connectivity index (χ3n) is 3.11. The topological polar surface area (TPSA) is 61.3 Å². The molecule has 5 nitrogen and oxygen atoms in total. The molecule has 0 saturated carbocycles. The highest BCUT2D eigenvalue weighted by Gasteiger charge is 2.24. The fraction of sp³-hybridized carbons (Fsp3) is 0.714. The molecule has 1 aromatic heterocycles. The third-order valence-corrected chi connectivity index (χ3v) is 3.11. The van der Waals surface area contributed by atoms with Crippen molar-refractivity contribution >= 4 is 5.95 Å². The number of hydrogen-bond donors (Lipinski definition) is 2. The summed E-state index contributed by atoms with van der Waals surface area (Å²) in [6.45, 7) is 11.1. The van der Waals surface area contributed by atoms with Gasteiger partial charge in [-0.3, -0.25) is 0 Å². The van der Waals surface area contributed by atoms with Gasteiger partial charge in [0.2, 0.25) is 5.95 Å². The molecular formula is C14H26N4O. The predicted octanol–water partition coefficient (Wildman–Crippen LogP) is 1.57. The summed E-state index contributed by atoms with van der Waals surface area (Å²) >= 11 is 0. The van der Waals surface area contributed by atoms with Gasteiger partial charge in [0.25, 0.3) is 0 Å². The summed E-state index contributed by atoms with van der Waals surface area (Å²) in [7, 11) is 1.89. The lowest BCUT2D eigenvalue weighted by atomic mass is 10.1. The van der Waals surface area contributed by atoms with Gasteiger partial charge in [-0.05, 0) is 34.6 Å². The van der Waals surface area contributed by atoms with Crippen molar-refractivity contribution in [3.05, 3.63) is 18.0 Å². The molecule has 19 heavy (non-hydrogen) atoms. The second-order valence-electron chi connectivity index (χ2n) is 6.52. The van der Waals surface area contributed by atoms with Crippen LogP contribution in [0.3, 0.4) is 0 Å². The molecule has 0 radical (unpaired) electrons. The molecule has 0 aliphatic heterocycles. The summed E-state index contributed by atoms with van der Waals surface area (Å²) in [5, 5.41) is 12.7. The van der Waals surface area contributed by atoms with Gasteiger partial charge in [-0.15, -0.1) is 0 Å². The molecule has 1 aromatic rings. The van der Waals surface area contributed by atoms with Crippen molar-refractivity contribution in [3.8, 4) is 0 Å². The highest BCUT2D eigenvalue weighted by Crippen LogP contribution is 2.17. The minimum absolute atomic E-state index is 0.0557. The van der Waals surface area contributed by atoms with Gasteiger partial charge in [-0.1, -0.05) is 0 Å². The average molecular weight is 266 g/mol. The fourth-order valence-corrected chi connectivity index (χ4v) is 1.36. The first-order valence-electron chi connectivity index (χ1n) is 6.56. The summed E-state index contributed by atoms with van der Waals surface area (Å²) in [6.07, 6.45) is 3.65. The molecule has 0 unspecified atom stereocenters. The lowest BCUT2D eigenvalue weighted by molar-refractivity contribution is 0.215. The SMILES string of the molecule is CN(c1ncc(CNC(C)(C)C)cn1)C(C)(C)CO. The maximum absolute atomic E-state index is 9.35. The van der Waals surface area contributed by atoms with Crippen molar-refractivity contribution in [2.24, 2.45) is 0 Å². The van der Waals surface area contributed by atoms with E-state index in [1.807, 2.05) is 38.2 Å². The maximum Gasteiger partial charge on any atom is 0.225 e. The average Bonchev–Trinajstić information content (AvgIpc) is 2.35. The number of aliphatic hydroxyl groups excluding tert-OH is 1. The van der Waals surface area contributed by atoms with Gasteiger partial charge in [0.1, 0.15) is 0 Å². The van der Waals surface area contributed by atoms with Crippen molar-refractivity contribution in [1.82, 2.24) is 15.3 Å². The molecular weight excluding hydrogens is 240 g/mol. The molecule has 0 aromatic carbocycles. The minimum atomic E-state index is -0.370. The Morgan fingerprint density at radius 1 is 1.16 bits per heavy atom. The van der Waals surface area contributed by atoms with Gasteiger partial charge in [0, 0.05) is 37.1 Å². The van der Waals surface area contributed by atoms with Crippen molar-refractivity contribution in [2.75, 3.05) is 18.6 Å². The van der Waals surface area contributed by atoms with E-state index >= 15 is 0 Å². The summed E-state index contributed by atoms with van der Waals surface area (Å²) in [5.74, 6) is 0.624. The molecule has 2 N–H and O–H groups in total. The monoisotopic (exact) mass is 266 g/mol. The van der Waals surface area contributed by atoms with Gasteiger partial charge in [-0.2, -0.15) is 0 Å². The zero-order valence-electron chi connectivity index (χ0n) is 12.9. The van der Waals surface area contributed by atoms with Crippen LogP contribution in [-0.2, 0) is 6.54 Å². The summed E-state index contributed by atoms with van der Waals surface area (Å²) < 4.78 is 0. The van der Waals surface area contributed by atoms with E-state index in [1.165, 1.54) is 0 Å². The fourth-order valence-electron chi connectivity index (χ4n) is 1.36. The Labute approximate surface area is 116 Å². The van der Waals surface area contributed by atoms with Crippen LogP contribution < -0.4 is 10.2 Å². The minimum Gasteiger partial charge on any atom is -0.394 e. The number of aromatic nitrogens is 2. The van der Waals surface area contributed by atoms with Crippen LogP contribution in [0.25, 0.3) is 0 Å². The quantitative estimate of drug-likeness (QED) is 0.847. The third kappa shape index (κ3) is 4.76. The van der Waals surface area contributed by atoms with Crippen molar-refractivity contribution in [3.63, 3.8) is 0 Å². The highest BCUT2D eigenvalue weighted by atomic mass is 16.3. The molecule has 0 aliphatic rings. The zero-order chi connectivity index (χ0) is 14.7. The Balaban J connectivity index is 2.71. The van der Waals surface area contributed by atoms with Gasteiger partial charge in [-0.25, -0.2) is 9.97 Å². The number of likely N-dealkylation sites (N-methyl/N-ethyl adjacent to an activating group) is 1. The largest absolute Gasteiger partial charge is 0.394 e. The maximum atomic E-state index is 9.35. The Kier molecular flexibility index (Phi) is 4.87. The second kappa shape index (κ2) is 5.84. The van der Waals surface area contributed by atoms with Gasteiger partial charge < -0.3 is 15.3 Å². The summed E-state index contributed by atoms with van der Waals surface area (Å²) in [4.78, 5) is 10.6. The number of rotatable bonds is 5. The standard InChI is InChI=1S/C14H26N4O/c1-13(2,3)17-9-11-7-15-12(16-8-11)18(6)14(4,5)10-19/h7-8,17,19H,9-10H2,1-6H3. The van der Waals surface area contributed by atoms with Crippen molar-refractivity contribution in [2.45, 2.75) is 52.2 Å². The molecule has 0 spiro atoms. The van der Waals surface area contributed by atoms with Crippen molar-refractivity contribution < 1.29 is 5.11 Å². The van der Waals surface area contributed by atoms with Crippen LogP contribution in [0.4, 0.5) is 5.95 Å². The van der Waals surface area contributed by atoms with Gasteiger partial charge in [0.05, 0.1) is 12.1 Å². The van der Waals surface area contributed by atoms with E-state index in [0.717, 1.165) is 12.1 Å². The summed E-state index contributed by atoms with van der Waals surface area (Å²) in [6, 6.07) is 0. The molecule has 1 rings (SSSR count). The van der Waals surface area contributed by atoms with E-state index < -0.39 is 0 Å². The first-order valence-corrected chi connectivity index (χ1v) is 6.56. The van der Waals surface area contributed by atoms with E-state index in [-0.39, 0.29) is 17.7 Å². The van der Waals surface area contributed by atoms with Gasteiger partial charge >= 0.3 is 0 Å². The molecule has 0 saturated heterocycles. The van der Waals surface area contributed by atoms with Crippen LogP contribution in [-0.4, -0.2) is 39.8 Å². The molecule has 0 bridgehead atoms. The van der Waals surface area contributed by atoms with E-state index in [0.29, 0.717) is 5.95 Å². The Morgan fingerprint density at radius 2 is 1.68 bits per heavy atom. The molecule has 0 amide bonds. The van der Waals surface area contributed by atoms with E-state index in [2.05, 4.69) is 36.1 Å². The molecule has 1 heterocycles. The Bertz CT molecular complexity index is 395. The van der Waals surface area contributed by atoms with Crippen LogP contribution in [0.5, 0.6) is 0 Å². The number of hydrogen-bond acceptors (Lipinski definition) is 5. The van der Waals surface area contributed by atoms with Crippen LogP contribution in [0.15, 0.2) is 12.4 Å². The first-order chi connectivity index (χ1) is 8.65. The molecule has 108 valence electrons. The van der Waals surface area contributed by atoms with E-state index in [9.17, 15) is 5.11 Å². The number of anilines is 1. The molecule has 0 aliphatic carbocycles. The molecule has 5 heteroatoms. The van der Waals surface area contributed by atoms with Crippen LogP contribution in [0, 0.1) is 0 Å². The van der Waals surface area contributed by atoms with Crippen molar-refractivity contribution in [1.29, 1.82) is 0 Å².